The zero-order chi connectivity index (χ0) is 21.0. The highest BCUT2D eigenvalue weighted by molar-refractivity contribution is 5.94. The van der Waals surface area contributed by atoms with E-state index in [1.54, 1.807) is 0 Å². The third-order valence-corrected chi connectivity index (χ3v) is 5.61. The fourth-order valence-corrected chi connectivity index (χ4v) is 4.00. The van der Waals surface area contributed by atoms with Crippen LogP contribution in [0.2, 0.25) is 0 Å². The molecule has 1 saturated carbocycles. The topological polar surface area (TPSA) is 61.4 Å². The maximum atomic E-state index is 12.6. The minimum atomic E-state index is -0.0335. The molecule has 0 bridgehead atoms. The van der Waals surface area contributed by atoms with Gasteiger partial charge in [-0.25, -0.2) is 0 Å². The van der Waals surface area contributed by atoms with Gasteiger partial charge in [0, 0.05) is 43.0 Å². The van der Waals surface area contributed by atoms with Crippen LogP contribution < -0.4 is 15.5 Å². The van der Waals surface area contributed by atoms with Crippen molar-refractivity contribution in [2.75, 3.05) is 29.6 Å². The summed E-state index contributed by atoms with van der Waals surface area (Å²) >= 11 is 0. The molecular weight excluding hydrogens is 362 g/mol. The number of nitrogens with zero attached hydrogens (tertiary/aromatic N) is 1. The van der Waals surface area contributed by atoms with E-state index in [0.29, 0.717) is 0 Å². The molecule has 29 heavy (non-hydrogen) atoms. The summed E-state index contributed by atoms with van der Waals surface area (Å²) in [6.45, 7) is 4.06. The van der Waals surface area contributed by atoms with Crippen LogP contribution in [0.5, 0.6) is 0 Å². The molecule has 1 aliphatic carbocycles. The van der Waals surface area contributed by atoms with Crippen LogP contribution in [0, 0.1) is 25.7 Å². The Balaban J connectivity index is 1.50. The number of rotatable bonds is 5. The van der Waals surface area contributed by atoms with Crippen molar-refractivity contribution in [3.8, 4) is 0 Å². The average Bonchev–Trinajstić information content (AvgIpc) is 2.67. The molecule has 0 aliphatic heterocycles. The lowest BCUT2D eigenvalue weighted by Crippen LogP contribution is -2.32. The van der Waals surface area contributed by atoms with Crippen molar-refractivity contribution in [1.82, 2.24) is 0 Å². The lowest BCUT2D eigenvalue weighted by molar-refractivity contribution is -0.125. The lowest BCUT2D eigenvalue weighted by Gasteiger charge is -2.27. The van der Waals surface area contributed by atoms with Crippen molar-refractivity contribution in [2.24, 2.45) is 11.8 Å². The van der Waals surface area contributed by atoms with Gasteiger partial charge in [0.2, 0.25) is 11.8 Å². The second-order valence-corrected chi connectivity index (χ2v) is 8.34. The van der Waals surface area contributed by atoms with Gasteiger partial charge in [0.15, 0.2) is 0 Å². The van der Waals surface area contributed by atoms with E-state index in [4.69, 9.17) is 0 Å². The normalized spacial score (nSPS) is 18.8. The van der Waals surface area contributed by atoms with Crippen LogP contribution in [0.15, 0.2) is 42.5 Å². The van der Waals surface area contributed by atoms with Gasteiger partial charge in [-0.15, -0.1) is 0 Å². The smallest absolute Gasteiger partial charge is 0.227 e. The second-order valence-electron chi connectivity index (χ2n) is 8.34. The number of benzene rings is 2. The van der Waals surface area contributed by atoms with E-state index in [2.05, 4.69) is 16.7 Å². The maximum absolute atomic E-state index is 12.6. The van der Waals surface area contributed by atoms with Gasteiger partial charge in [0.1, 0.15) is 0 Å². The number of carbonyl (C=O) groups excluding carboxylic acids is 2. The molecule has 0 radical (unpaired) electrons. The van der Waals surface area contributed by atoms with Crippen LogP contribution in [-0.4, -0.2) is 25.9 Å². The van der Waals surface area contributed by atoms with Gasteiger partial charge >= 0.3 is 0 Å². The van der Waals surface area contributed by atoms with Crippen molar-refractivity contribution in [2.45, 2.75) is 39.5 Å². The molecule has 154 valence electrons. The monoisotopic (exact) mass is 393 g/mol. The lowest BCUT2D eigenvalue weighted by atomic mass is 9.81. The first kappa shape index (κ1) is 20.9. The van der Waals surface area contributed by atoms with Crippen LogP contribution in [0.25, 0.3) is 0 Å². The first-order valence-corrected chi connectivity index (χ1v) is 10.3. The van der Waals surface area contributed by atoms with E-state index in [1.165, 1.54) is 0 Å². The molecule has 2 amide bonds. The summed E-state index contributed by atoms with van der Waals surface area (Å²) in [5.41, 5.74) is 5.04. The molecule has 0 saturated heterocycles. The highest BCUT2D eigenvalue weighted by Crippen LogP contribution is 2.31. The molecule has 2 N–H and O–H groups in total. The van der Waals surface area contributed by atoms with Crippen LogP contribution in [0.4, 0.5) is 17.1 Å². The number of nitrogens with one attached hydrogen (secondary N) is 2. The Labute approximate surface area is 173 Å². The number of hydrogen-bond donors (Lipinski definition) is 2. The van der Waals surface area contributed by atoms with Crippen LogP contribution >= 0.6 is 0 Å². The number of carbonyl (C=O) groups is 2. The van der Waals surface area contributed by atoms with Crippen molar-refractivity contribution in [1.29, 1.82) is 0 Å². The first-order chi connectivity index (χ1) is 13.8. The Morgan fingerprint density at radius 1 is 0.759 bits per heavy atom. The molecule has 3 rings (SSSR count). The van der Waals surface area contributed by atoms with E-state index in [-0.39, 0.29) is 23.7 Å². The predicted molar refractivity (Wildman–Crippen MR) is 119 cm³/mol. The fourth-order valence-electron chi connectivity index (χ4n) is 4.00. The quantitative estimate of drug-likeness (QED) is 0.770. The van der Waals surface area contributed by atoms with Gasteiger partial charge < -0.3 is 15.5 Å². The van der Waals surface area contributed by atoms with Crippen LogP contribution in [0.1, 0.15) is 36.8 Å². The van der Waals surface area contributed by atoms with Gasteiger partial charge in [0.05, 0.1) is 0 Å². The predicted octanol–water partition coefficient (Wildman–Crippen LogP) is 4.75. The van der Waals surface area contributed by atoms with Crippen molar-refractivity contribution < 1.29 is 9.59 Å². The fraction of sp³-hybridized carbons (Fsp3) is 0.417. The Hall–Kier alpha value is -2.82. The Kier molecular flexibility index (Phi) is 6.57. The highest BCUT2D eigenvalue weighted by atomic mass is 16.2. The van der Waals surface area contributed by atoms with Crippen LogP contribution in [-0.2, 0) is 9.59 Å². The molecule has 0 atom stereocenters. The van der Waals surface area contributed by atoms with E-state index in [0.717, 1.165) is 53.9 Å². The van der Waals surface area contributed by atoms with E-state index >= 15 is 0 Å². The Morgan fingerprint density at radius 3 is 1.66 bits per heavy atom. The molecule has 2 aromatic rings. The Bertz CT molecular complexity index is 846. The largest absolute Gasteiger partial charge is 0.378 e. The number of amides is 2. The second kappa shape index (κ2) is 9.12. The number of hydrogen-bond acceptors (Lipinski definition) is 3. The zero-order valence-corrected chi connectivity index (χ0v) is 17.8. The zero-order valence-electron chi connectivity index (χ0n) is 17.8. The van der Waals surface area contributed by atoms with Crippen molar-refractivity contribution >= 4 is 28.9 Å². The number of aryl methyl sites for hydroxylation is 2. The molecule has 0 spiro atoms. The van der Waals surface area contributed by atoms with Crippen molar-refractivity contribution in [3.05, 3.63) is 53.6 Å². The van der Waals surface area contributed by atoms with Gasteiger partial charge in [-0.1, -0.05) is 6.07 Å². The summed E-state index contributed by atoms with van der Waals surface area (Å²) in [5.74, 6) is 0.0527. The summed E-state index contributed by atoms with van der Waals surface area (Å²) in [5, 5.41) is 6.06. The standard InChI is InChI=1S/C24H31N3O2/c1-16-13-17(2)15-21(14-16)26-24(29)19-7-5-18(6-8-19)23(28)25-20-9-11-22(12-10-20)27(3)4/h9-15,18-19H,5-8H2,1-4H3,(H,25,28)(H,26,29). The third kappa shape index (κ3) is 5.59. The molecule has 2 aromatic carbocycles. The third-order valence-electron chi connectivity index (χ3n) is 5.61. The molecule has 1 aliphatic rings. The van der Waals surface area contributed by atoms with Gasteiger partial charge in [0.25, 0.3) is 0 Å². The van der Waals surface area contributed by atoms with Gasteiger partial charge in [-0.05, 0) is 87.1 Å². The molecule has 0 unspecified atom stereocenters. The summed E-state index contributed by atoms with van der Waals surface area (Å²) in [6.07, 6.45) is 2.97. The van der Waals surface area contributed by atoms with E-state index in [1.807, 2.05) is 69.2 Å². The van der Waals surface area contributed by atoms with Gasteiger partial charge in [-0.3, -0.25) is 9.59 Å². The molecular formula is C24H31N3O2. The minimum Gasteiger partial charge on any atom is -0.378 e. The molecule has 1 fully saturated rings. The molecule has 5 nitrogen and oxygen atoms in total. The van der Waals surface area contributed by atoms with E-state index in [9.17, 15) is 9.59 Å². The molecule has 0 aromatic heterocycles. The summed E-state index contributed by atoms with van der Waals surface area (Å²) in [7, 11) is 3.98. The van der Waals surface area contributed by atoms with Gasteiger partial charge in [-0.2, -0.15) is 0 Å². The van der Waals surface area contributed by atoms with E-state index < -0.39 is 0 Å². The first-order valence-electron chi connectivity index (χ1n) is 10.3. The average molecular weight is 394 g/mol. The summed E-state index contributed by atoms with van der Waals surface area (Å²) in [6, 6.07) is 13.9. The highest BCUT2D eigenvalue weighted by Gasteiger charge is 2.30. The number of anilines is 3. The van der Waals surface area contributed by atoms with Crippen LogP contribution in [0.3, 0.4) is 0 Å². The van der Waals surface area contributed by atoms with Crippen molar-refractivity contribution in [3.63, 3.8) is 0 Å². The summed E-state index contributed by atoms with van der Waals surface area (Å²) < 4.78 is 0. The molecule has 5 heteroatoms. The Morgan fingerprint density at radius 2 is 1.21 bits per heavy atom. The maximum Gasteiger partial charge on any atom is 0.227 e. The molecule has 0 heterocycles. The minimum absolute atomic E-state index is 0.0285. The SMILES string of the molecule is Cc1cc(C)cc(NC(=O)C2CCC(C(=O)Nc3ccc(N(C)C)cc3)CC2)c1. The summed E-state index contributed by atoms with van der Waals surface area (Å²) in [4.78, 5) is 27.3.